The average molecular weight is 302 g/mol. The largest absolute Gasteiger partial charge is 0.481 e. The molecule has 0 bridgehead atoms. The first-order valence-electron chi connectivity index (χ1n) is 6.76. The van der Waals surface area contributed by atoms with Crippen LogP contribution in [0.25, 0.3) is 0 Å². The van der Waals surface area contributed by atoms with E-state index < -0.39 is 5.97 Å². The highest BCUT2D eigenvalue weighted by Crippen LogP contribution is 2.24. The zero-order chi connectivity index (χ0) is 14.7. The van der Waals surface area contributed by atoms with Crippen LogP contribution in [0.15, 0.2) is 0 Å². The normalized spacial score (nSPS) is 20.2. The first kappa shape index (κ1) is 15.3. The fourth-order valence-corrected chi connectivity index (χ4v) is 2.74. The van der Waals surface area contributed by atoms with Gasteiger partial charge >= 0.3 is 5.97 Å². The van der Waals surface area contributed by atoms with E-state index in [1.165, 1.54) is 0 Å². The number of hydrogen-bond acceptors (Lipinski definition) is 4. The van der Waals surface area contributed by atoms with Gasteiger partial charge in [-0.15, -0.1) is 0 Å². The lowest BCUT2D eigenvalue weighted by Crippen LogP contribution is -2.46. The van der Waals surface area contributed by atoms with Crippen molar-refractivity contribution in [2.45, 2.75) is 32.4 Å². The molecule has 1 aromatic heterocycles. The van der Waals surface area contributed by atoms with E-state index in [0.29, 0.717) is 31.5 Å². The van der Waals surface area contributed by atoms with Crippen LogP contribution in [-0.2, 0) is 29.5 Å². The highest BCUT2D eigenvalue weighted by atomic mass is 35.5. The Morgan fingerprint density at radius 2 is 2.35 bits per heavy atom. The maximum Gasteiger partial charge on any atom is 0.305 e. The summed E-state index contributed by atoms with van der Waals surface area (Å²) < 4.78 is 7.05. The van der Waals surface area contributed by atoms with Crippen LogP contribution in [0, 0.1) is 0 Å². The van der Waals surface area contributed by atoms with Crippen LogP contribution in [0.5, 0.6) is 0 Å². The van der Waals surface area contributed by atoms with E-state index in [0.717, 1.165) is 17.7 Å². The smallest absolute Gasteiger partial charge is 0.305 e. The summed E-state index contributed by atoms with van der Waals surface area (Å²) in [5.74, 6) is -0.807. The van der Waals surface area contributed by atoms with Crippen molar-refractivity contribution in [2.24, 2.45) is 7.05 Å². The second-order valence-corrected chi connectivity index (χ2v) is 5.35. The molecule has 0 radical (unpaired) electrons. The number of carbonyl (C=O) groups is 1. The molecule has 1 saturated heterocycles. The van der Waals surface area contributed by atoms with E-state index in [4.69, 9.17) is 21.4 Å². The van der Waals surface area contributed by atoms with Gasteiger partial charge in [0.15, 0.2) is 0 Å². The summed E-state index contributed by atoms with van der Waals surface area (Å²) in [6.45, 7) is 4.45. The minimum Gasteiger partial charge on any atom is -0.481 e. The number of carboxylic acid groups (broad SMARTS) is 1. The van der Waals surface area contributed by atoms with Crippen molar-refractivity contribution in [3.05, 3.63) is 16.4 Å². The molecule has 0 spiro atoms. The predicted octanol–water partition coefficient (Wildman–Crippen LogP) is 1.31. The van der Waals surface area contributed by atoms with Gasteiger partial charge in [-0.3, -0.25) is 14.4 Å². The fraction of sp³-hybridized carbons (Fsp3) is 0.692. The monoisotopic (exact) mass is 301 g/mol. The second-order valence-electron chi connectivity index (χ2n) is 4.99. The van der Waals surface area contributed by atoms with Crippen molar-refractivity contribution in [1.29, 1.82) is 0 Å². The van der Waals surface area contributed by atoms with Gasteiger partial charge in [-0.05, 0) is 6.42 Å². The molecule has 1 atom stereocenters. The average Bonchev–Trinajstić information content (AvgIpc) is 2.68. The Morgan fingerprint density at radius 1 is 1.60 bits per heavy atom. The summed E-state index contributed by atoms with van der Waals surface area (Å²) in [4.78, 5) is 13.1. The Bertz CT molecular complexity index is 489. The summed E-state index contributed by atoms with van der Waals surface area (Å²) in [5, 5.41) is 14.0. The maximum absolute atomic E-state index is 10.9. The topological polar surface area (TPSA) is 67.6 Å². The van der Waals surface area contributed by atoms with Crippen molar-refractivity contribution < 1.29 is 14.6 Å². The zero-order valence-corrected chi connectivity index (χ0v) is 12.6. The van der Waals surface area contributed by atoms with Gasteiger partial charge in [-0.25, -0.2) is 0 Å². The minimum absolute atomic E-state index is 0.0827. The summed E-state index contributed by atoms with van der Waals surface area (Å²) in [6, 6.07) is -0.109. The van der Waals surface area contributed by atoms with Gasteiger partial charge in [0.2, 0.25) is 0 Å². The Labute approximate surface area is 123 Å². The lowest BCUT2D eigenvalue weighted by molar-refractivity contribution is -0.140. The number of hydrogen-bond donors (Lipinski definition) is 1. The van der Waals surface area contributed by atoms with Crippen LogP contribution in [0.2, 0.25) is 5.15 Å². The predicted molar refractivity (Wildman–Crippen MR) is 74.9 cm³/mol. The summed E-state index contributed by atoms with van der Waals surface area (Å²) in [6.07, 6.45) is 0.892. The van der Waals surface area contributed by atoms with Gasteiger partial charge in [-0.2, -0.15) is 5.10 Å². The number of nitrogens with zero attached hydrogens (tertiary/aromatic N) is 3. The molecule has 6 nitrogen and oxygen atoms in total. The molecule has 7 heteroatoms. The van der Waals surface area contributed by atoms with Gasteiger partial charge in [-0.1, -0.05) is 18.5 Å². The van der Waals surface area contributed by atoms with Crippen molar-refractivity contribution in [1.82, 2.24) is 14.7 Å². The molecule has 0 unspecified atom stereocenters. The third-order valence-corrected chi connectivity index (χ3v) is 4.08. The molecule has 1 aliphatic heterocycles. The highest BCUT2D eigenvalue weighted by Gasteiger charge is 2.27. The number of rotatable bonds is 5. The van der Waals surface area contributed by atoms with Crippen LogP contribution < -0.4 is 0 Å². The SMILES string of the molecule is CCc1nn(C)c(Cl)c1CN1CCOC[C@H]1CC(=O)O. The zero-order valence-electron chi connectivity index (χ0n) is 11.8. The van der Waals surface area contributed by atoms with Gasteiger partial charge in [0, 0.05) is 31.7 Å². The molecule has 1 N–H and O–H groups in total. The van der Waals surface area contributed by atoms with E-state index in [9.17, 15) is 4.79 Å². The van der Waals surface area contributed by atoms with Crippen LogP contribution in [-0.4, -0.2) is 51.6 Å². The minimum atomic E-state index is -0.807. The summed E-state index contributed by atoms with van der Waals surface area (Å²) in [5.41, 5.74) is 1.96. The number of aryl methyl sites for hydroxylation is 2. The summed E-state index contributed by atoms with van der Waals surface area (Å²) >= 11 is 6.29. The first-order chi connectivity index (χ1) is 9.52. The molecule has 0 aromatic carbocycles. The molecule has 2 heterocycles. The molecular weight excluding hydrogens is 282 g/mol. The summed E-state index contributed by atoms with van der Waals surface area (Å²) in [7, 11) is 1.82. The Morgan fingerprint density at radius 3 is 3.00 bits per heavy atom. The van der Waals surface area contributed by atoms with Gasteiger partial charge < -0.3 is 9.84 Å². The molecule has 1 fully saturated rings. The molecule has 1 aromatic rings. The number of halogens is 1. The van der Waals surface area contributed by atoms with Gasteiger partial charge in [0.05, 0.1) is 25.3 Å². The van der Waals surface area contributed by atoms with E-state index in [1.54, 1.807) is 4.68 Å². The lowest BCUT2D eigenvalue weighted by Gasteiger charge is -2.34. The Kier molecular flexibility index (Phi) is 5.01. The molecule has 2 rings (SSSR count). The highest BCUT2D eigenvalue weighted by molar-refractivity contribution is 6.30. The third-order valence-electron chi connectivity index (χ3n) is 3.61. The van der Waals surface area contributed by atoms with E-state index in [1.807, 2.05) is 14.0 Å². The molecule has 0 amide bonds. The third kappa shape index (κ3) is 3.31. The van der Waals surface area contributed by atoms with Crippen LogP contribution in [0.4, 0.5) is 0 Å². The van der Waals surface area contributed by atoms with E-state index >= 15 is 0 Å². The Hall–Kier alpha value is -1.11. The maximum atomic E-state index is 10.9. The van der Waals surface area contributed by atoms with E-state index in [-0.39, 0.29) is 12.5 Å². The lowest BCUT2D eigenvalue weighted by atomic mass is 10.1. The van der Waals surface area contributed by atoms with Crippen molar-refractivity contribution in [3.8, 4) is 0 Å². The van der Waals surface area contributed by atoms with Crippen molar-refractivity contribution in [2.75, 3.05) is 19.8 Å². The van der Waals surface area contributed by atoms with Crippen LogP contribution in [0.1, 0.15) is 24.6 Å². The van der Waals surface area contributed by atoms with Crippen LogP contribution >= 0.6 is 11.6 Å². The van der Waals surface area contributed by atoms with Gasteiger partial charge in [0.1, 0.15) is 5.15 Å². The number of aromatic nitrogens is 2. The number of aliphatic carboxylic acids is 1. The molecule has 112 valence electrons. The molecule has 1 aliphatic rings. The molecular formula is C13H20ClN3O3. The quantitative estimate of drug-likeness (QED) is 0.888. The van der Waals surface area contributed by atoms with Crippen LogP contribution in [0.3, 0.4) is 0 Å². The van der Waals surface area contributed by atoms with Crippen molar-refractivity contribution in [3.63, 3.8) is 0 Å². The van der Waals surface area contributed by atoms with Crippen molar-refractivity contribution >= 4 is 17.6 Å². The molecule has 20 heavy (non-hydrogen) atoms. The Balaban J connectivity index is 2.16. The number of carboxylic acids is 1. The van der Waals surface area contributed by atoms with Gasteiger partial charge in [0.25, 0.3) is 0 Å². The standard InChI is InChI=1S/C13H20ClN3O3/c1-3-11-10(13(14)16(2)15-11)7-17-4-5-20-8-9(17)6-12(18)19/h9H,3-8H2,1-2H3,(H,18,19)/t9-/m1/s1. The van der Waals surface area contributed by atoms with E-state index in [2.05, 4.69) is 10.00 Å². The second kappa shape index (κ2) is 6.56. The fourth-order valence-electron chi connectivity index (χ4n) is 2.53. The molecule has 0 saturated carbocycles. The number of ether oxygens (including phenoxy) is 1. The molecule has 0 aliphatic carbocycles. The number of morpholine rings is 1. The first-order valence-corrected chi connectivity index (χ1v) is 7.14.